The molecule has 0 aliphatic rings. The minimum atomic E-state index is -0.840. The normalized spacial score (nSPS) is 14.1. The number of benzene rings is 2. The summed E-state index contributed by atoms with van der Waals surface area (Å²) < 4.78 is 13.5. The fraction of sp³-hybridized carbons (Fsp3) is 0.250. The Morgan fingerprint density at radius 3 is 2.37 bits per heavy atom. The number of nitrogens with one attached hydrogen (secondary N) is 1. The van der Waals surface area contributed by atoms with Crippen molar-refractivity contribution in [2.75, 3.05) is 6.54 Å². The van der Waals surface area contributed by atoms with Crippen LogP contribution in [-0.4, -0.2) is 11.7 Å². The lowest BCUT2D eigenvalue weighted by molar-refractivity contribution is 0.166. The lowest BCUT2D eigenvalue weighted by Crippen LogP contribution is -2.25. The molecule has 0 amide bonds. The minimum absolute atomic E-state index is 0.114. The van der Waals surface area contributed by atoms with Crippen molar-refractivity contribution in [2.24, 2.45) is 0 Å². The molecule has 2 aromatic rings. The van der Waals surface area contributed by atoms with E-state index in [1.54, 1.807) is 18.2 Å². The number of hydrogen-bond acceptors (Lipinski definition) is 2. The van der Waals surface area contributed by atoms with Gasteiger partial charge < -0.3 is 10.4 Å². The van der Waals surface area contributed by atoms with Crippen molar-refractivity contribution < 1.29 is 9.50 Å². The van der Waals surface area contributed by atoms with Crippen molar-refractivity contribution in [2.45, 2.75) is 19.1 Å². The van der Waals surface area contributed by atoms with Crippen LogP contribution in [0.25, 0.3) is 0 Å². The topological polar surface area (TPSA) is 32.3 Å². The molecule has 3 heteroatoms. The summed E-state index contributed by atoms with van der Waals surface area (Å²) in [5, 5.41) is 13.2. The molecule has 0 radical (unpaired) electrons. The predicted molar refractivity (Wildman–Crippen MR) is 74.2 cm³/mol. The summed E-state index contributed by atoms with van der Waals surface area (Å²) in [6.45, 7) is 2.33. The number of hydrogen-bond donors (Lipinski definition) is 2. The van der Waals surface area contributed by atoms with Crippen LogP contribution in [0.15, 0.2) is 54.6 Å². The van der Waals surface area contributed by atoms with E-state index in [0.717, 1.165) is 5.56 Å². The van der Waals surface area contributed by atoms with Crippen LogP contribution in [0.5, 0.6) is 0 Å². The van der Waals surface area contributed by atoms with Crippen LogP contribution in [0.3, 0.4) is 0 Å². The molecule has 2 nitrogen and oxygen atoms in total. The number of halogens is 1. The summed E-state index contributed by atoms with van der Waals surface area (Å²) in [5.41, 5.74) is 1.47. The van der Waals surface area contributed by atoms with E-state index in [1.165, 1.54) is 6.07 Å². The van der Waals surface area contributed by atoms with Crippen molar-refractivity contribution in [3.63, 3.8) is 0 Å². The molecular weight excluding hydrogens is 241 g/mol. The van der Waals surface area contributed by atoms with E-state index in [-0.39, 0.29) is 11.9 Å². The van der Waals surface area contributed by atoms with E-state index >= 15 is 0 Å². The van der Waals surface area contributed by atoms with Crippen LogP contribution in [0, 0.1) is 5.82 Å². The van der Waals surface area contributed by atoms with Crippen molar-refractivity contribution in [3.8, 4) is 0 Å². The van der Waals surface area contributed by atoms with Crippen molar-refractivity contribution in [3.05, 3.63) is 71.5 Å². The Bertz CT molecular complexity index is 515. The average molecular weight is 259 g/mol. The number of rotatable bonds is 5. The molecule has 2 rings (SSSR count). The second kappa shape index (κ2) is 6.45. The Kier molecular flexibility index (Phi) is 4.66. The van der Waals surface area contributed by atoms with Crippen LogP contribution < -0.4 is 5.32 Å². The van der Waals surface area contributed by atoms with Gasteiger partial charge in [0.05, 0.1) is 6.10 Å². The SMILES string of the molecule is C[C@H](NCC(O)c1ccccc1F)c1ccccc1. The van der Waals surface area contributed by atoms with Crippen LogP contribution in [0.1, 0.15) is 30.2 Å². The molecule has 19 heavy (non-hydrogen) atoms. The van der Waals surface area contributed by atoms with Gasteiger partial charge in [0.15, 0.2) is 0 Å². The highest BCUT2D eigenvalue weighted by Gasteiger charge is 2.13. The third-order valence-corrected chi connectivity index (χ3v) is 3.18. The average Bonchev–Trinajstić information content (AvgIpc) is 2.46. The first-order valence-corrected chi connectivity index (χ1v) is 6.39. The first-order chi connectivity index (χ1) is 9.18. The molecule has 2 atom stereocenters. The Labute approximate surface area is 112 Å². The summed E-state index contributed by atoms with van der Waals surface area (Å²) in [4.78, 5) is 0. The Morgan fingerprint density at radius 1 is 1.05 bits per heavy atom. The van der Waals surface area contributed by atoms with Gasteiger partial charge in [-0.25, -0.2) is 4.39 Å². The van der Waals surface area contributed by atoms with E-state index in [9.17, 15) is 9.50 Å². The van der Waals surface area contributed by atoms with E-state index < -0.39 is 6.10 Å². The molecule has 0 saturated carbocycles. The van der Waals surface area contributed by atoms with Crippen molar-refractivity contribution in [1.82, 2.24) is 5.32 Å². The van der Waals surface area contributed by atoms with Gasteiger partial charge in [0, 0.05) is 18.2 Å². The van der Waals surface area contributed by atoms with Gasteiger partial charge in [-0.15, -0.1) is 0 Å². The molecule has 0 bridgehead atoms. The summed E-state index contributed by atoms with van der Waals surface area (Å²) in [5.74, 6) is -0.371. The molecule has 2 N–H and O–H groups in total. The van der Waals surface area contributed by atoms with Gasteiger partial charge in [-0.05, 0) is 18.6 Å². The maximum Gasteiger partial charge on any atom is 0.129 e. The zero-order chi connectivity index (χ0) is 13.7. The van der Waals surface area contributed by atoms with Crippen LogP contribution in [-0.2, 0) is 0 Å². The van der Waals surface area contributed by atoms with Gasteiger partial charge in [-0.3, -0.25) is 0 Å². The van der Waals surface area contributed by atoms with Crippen LogP contribution in [0.4, 0.5) is 4.39 Å². The van der Waals surface area contributed by atoms with Crippen LogP contribution in [0.2, 0.25) is 0 Å². The van der Waals surface area contributed by atoms with Gasteiger partial charge in [0.1, 0.15) is 5.82 Å². The number of aliphatic hydroxyl groups is 1. The summed E-state index contributed by atoms with van der Waals surface area (Å²) in [6, 6.07) is 16.4. The van der Waals surface area contributed by atoms with E-state index in [1.807, 2.05) is 37.3 Å². The third-order valence-electron chi connectivity index (χ3n) is 3.18. The lowest BCUT2D eigenvalue weighted by atomic mass is 10.1. The van der Waals surface area contributed by atoms with E-state index in [4.69, 9.17) is 0 Å². The highest BCUT2D eigenvalue weighted by Crippen LogP contribution is 2.17. The second-order valence-corrected chi connectivity index (χ2v) is 4.58. The van der Waals surface area contributed by atoms with E-state index in [2.05, 4.69) is 5.32 Å². The summed E-state index contributed by atoms with van der Waals surface area (Å²) >= 11 is 0. The maximum atomic E-state index is 13.5. The second-order valence-electron chi connectivity index (χ2n) is 4.58. The standard InChI is InChI=1S/C16H18FNO/c1-12(13-7-3-2-4-8-13)18-11-16(19)14-9-5-6-10-15(14)17/h2-10,12,16,18-19H,11H2,1H3/t12-,16?/m0/s1. The molecule has 1 unspecified atom stereocenters. The fourth-order valence-electron chi connectivity index (χ4n) is 2.00. The molecule has 0 spiro atoms. The van der Waals surface area contributed by atoms with Crippen molar-refractivity contribution in [1.29, 1.82) is 0 Å². The molecule has 0 fully saturated rings. The molecule has 0 heterocycles. The fourth-order valence-corrected chi connectivity index (χ4v) is 2.00. The molecule has 0 aliphatic heterocycles. The third kappa shape index (κ3) is 3.63. The summed E-state index contributed by atoms with van der Waals surface area (Å²) in [6.07, 6.45) is -0.840. The first kappa shape index (κ1) is 13.7. The van der Waals surface area contributed by atoms with Gasteiger partial charge in [0.25, 0.3) is 0 Å². The molecule has 0 aliphatic carbocycles. The molecule has 0 aromatic heterocycles. The molecule has 2 aromatic carbocycles. The Balaban J connectivity index is 1.94. The van der Waals surface area contributed by atoms with Crippen LogP contribution >= 0.6 is 0 Å². The molecule has 100 valence electrons. The minimum Gasteiger partial charge on any atom is -0.387 e. The smallest absolute Gasteiger partial charge is 0.129 e. The maximum absolute atomic E-state index is 13.5. The first-order valence-electron chi connectivity index (χ1n) is 6.39. The van der Waals surface area contributed by atoms with Gasteiger partial charge in [-0.1, -0.05) is 48.5 Å². The van der Waals surface area contributed by atoms with Crippen molar-refractivity contribution >= 4 is 0 Å². The molecule has 0 saturated heterocycles. The quantitative estimate of drug-likeness (QED) is 0.864. The summed E-state index contributed by atoms with van der Waals surface area (Å²) in [7, 11) is 0. The lowest BCUT2D eigenvalue weighted by Gasteiger charge is -2.18. The zero-order valence-electron chi connectivity index (χ0n) is 10.9. The largest absolute Gasteiger partial charge is 0.387 e. The Hall–Kier alpha value is -1.71. The highest BCUT2D eigenvalue weighted by molar-refractivity contribution is 5.21. The van der Waals surface area contributed by atoms with Gasteiger partial charge in [0.2, 0.25) is 0 Å². The predicted octanol–water partition coefficient (Wildman–Crippen LogP) is 3.21. The monoisotopic (exact) mass is 259 g/mol. The highest BCUT2D eigenvalue weighted by atomic mass is 19.1. The van der Waals surface area contributed by atoms with E-state index in [0.29, 0.717) is 12.1 Å². The van der Waals surface area contributed by atoms with Gasteiger partial charge in [-0.2, -0.15) is 0 Å². The molecular formula is C16H18FNO. The number of aliphatic hydroxyl groups excluding tert-OH is 1. The van der Waals surface area contributed by atoms with Gasteiger partial charge >= 0.3 is 0 Å². The zero-order valence-corrected chi connectivity index (χ0v) is 10.9. The Morgan fingerprint density at radius 2 is 1.68 bits per heavy atom.